The van der Waals surface area contributed by atoms with Gasteiger partial charge >= 0.3 is 0 Å². The molecule has 1 aliphatic carbocycles. The van der Waals surface area contributed by atoms with Gasteiger partial charge in [0, 0.05) is 26.1 Å². The number of nitrogens with zero attached hydrogens (tertiary/aromatic N) is 1. The van der Waals surface area contributed by atoms with E-state index in [1.54, 1.807) is 6.07 Å². The first-order chi connectivity index (χ1) is 13.3. The normalized spacial score (nSPS) is 15.6. The van der Waals surface area contributed by atoms with Gasteiger partial charge in [-0.05, 0) is 36.6 Å². The lowest BCUT2D eigenvalue weighted by molar-refractivity contribution is -0.130. The first kappa shape index (κ1) is 21.9. The van der Waals surface area contributed by atoms with E-state index in [4.69, 9.17) is 4.74 Å². The molecule has 0 heterocycles. The Morgan fingerprint density at radius 3 is 2.43 bits per heavy atom. The number of hydrogen-bond acceptors (Lipinski definition) is 5. The number of hydrazine groups is 1. The van der Waals surface area contributed by atoms with E-state index in [1.807, 2.05) is 0 Å². The fourth-order valence-corrected chi connectivity index (χ4v) is 4.08. The van der Waals surface area contributed by atoms with Crippen molar-refractivity contribution in [1.82, 2.24) is 15.2 Å². The van der Waals surface area contributed by atoms with E-state index in [1.165, 1.54) is 45.5 Å². The van der Waals surface area contributed by atoms with Crippen molar-refractivity contribution >= 4 is 27.9 Å². The summed E-state index contributed by atoms with van der Waals surface area (Å²) in [5.41, 5.74) is 5.31. The lowest BCUT2D eigenvalue weighted by atomic mass is 9.89. The number of nitrogens with one attached hydrogen (secondary N) is 2. The van der Waals surface area contributed by atoms with Crippen molar-refractivity contribution in [3.63, 3.8) is 0 Å². The third-order valence-corrected chi connectivity index (χ3v) is 6.49. The summed E-state index contributed by atoms with van der Waals surface area (Å²) < 4.78 is 31.1. The quantitative estimate of drug-likeness (QED) is 0.549. The second kappa shape index (κ2) is 9.70. The highest BCUT2D eigenvalue weighted by Gasteiger charge is 2.23. The molecule has 154 valence electrons. The second-order valence-electron chi connectivity index (χ2n) is 6.84. The molecule has 28 heavy (non-hydrogen) atoms. The van der Waals surface area contributed by atoms with E-state index >= 15 is 0 Å². The Bertz CT molecular complexity index is 843. The standard InChI is InChI=1S/C19H27N3O5S/c1-22(2)28(25,26)17-13-14(9-11-16(17)27-3)10-12-18(23)20-21-19(24)15-7-5-4-6-8-15/h9-13,15H,4-8H2,1-3H3,(H,20,23)(H,21,24)/b12-10+. The highest BCUT2D eigenvalue weighted by Crippen LogP contribution is 2.27. The van der Waals surface area contributed by atoms with E-state index in [9.17, 15) is 18.0 Å². The van der Waals surface area contributed by atoms with Crippen molar-refractivity contribution in [2.24, 2.45) is 5.92 Å². The molecular formula is C19H27N3O5S. The van der Waals surface area contributed by atoms with E-state index in [0.717, 1.165) is 36.4 Å². The average Bonchev–Trinajstić information content (AvgIpc) is 2.70. The zero-order valence-electron chi connectivity index (χ0n) is 16.4. The van der Waals surface area contributed by atoms with Crippen LogP contribution in [0.1, 0.15) is 37.7 Å². The molecule has 0 aliphatic heterocycles. The molecule has 1 fully saturated rings. The highest BCUT2D eigenvalue weighted by molar-refractivity contribution is 7.89. The molecule has 8 nitrogen and oxygen atoms in total. The number of amides is 2. The van der Waals surface area contributed by atoms with E-state index in [0.29, 0.717) is 5.56 Å². The Morgan fingerprint density at radius 1 is 1.14 bits per heavy atom. The van der Waals surface area contributed by atoms with Crippen LogP contribution in [-0.4, -0.2) is 45.7 Å². The molecule has 0 aromatic heterocycles. The van der Waals surface area contributed by atoms with E-state index in [2.05, 4.69) is 10.9 Å². The van der Waals surface area contributed by atoms with Crippen LogP contribution in [0.5, 0.6) is 5.75 Å². The summed E-state index contributed by atoms with van der Waals surface area (Å²) in [6.45, 7) is 0. The Labute approximate surface area is 166 Å². The highest BCUT2D eigenvalue weighted by atomic mass is 32.2. The van der Waals surface area contributed by atoms with Crippen molar-refractivity contribution in [1.29, 1.82) is 0 Å². The molecule has 0 atom stereocenters. The largest absolute Gasteiger partial charge is 0.495 e. The van der Waals surface area contributed by atoms with Gasteiger partial charge in [-0.15, -0.1) is 0 Å². The monoisotopic (exact) mass is 409 g/mol. The maximum atomic E-state index is 12.4. The number of carbonyl (C=O) groups is 2. The van der Waals surface area contributed by atoms with Gasteiger partial charge in [0.1, 0.15) is 10.6 Å². The molecule has 2 N–H and O–H groups in total. The maximum Gasteiger partial charge on any atom is 0.262 e. The van der Waals surface area contributed by atoms with Gasteiger partial charge in [-0.25, -0.2) is 12.7 Å². The smallest absolute Gasteiger partial charge is 0.262 e. The average molecular weight is 410 g/mol. The SMILES string of the molecule is COc1ccc(/C=C/C(=O)NNC(=O)C2CCCCC2)cc1S(=O)(=O)N(C)C. The van der Waals surface area contributed by atoms with Crippen LogP contribution < -0.4 is 15.6 Å². The predicted molar refractivity (Wildman–Crippen MR) is 106 cm³/mol. The summed E-state index contributed by atoms with van der Waals surface area (Å²) in [6.07, 6.45) is 7.58. The van der Waals surface area contributed by atoms with Gasteiger partial charge in [-0.1, -0.05) is 25.3 Å². The fourth-order valence-electron chi connectivity index (χ4n) is 3.00. The molecule has 1 aliphatic rings. The van der Waals surface area contributed by atoms with Gasteiger partial charge in [0.25, 0.3) is 5.91 Å². The van der Waals surface area contributed by atoms with E-state index < -0.39 is 15.9 Å². The summed E-state index contributed by atoms with van der Waals surface area (Å²) in [7, 11) is 0.554. The van der Waals surface area contributed by atoms with Crippen LogP contribution >= 0.6 is 0 Å². The number of benzene rings is 1. The first-order valence-electron chi connectivity index (χ1n) is 9.14. The van der Waals surface area contributed by atoms with Crippen LogP contribution in [0.4, 0.5) is 0 Å². The van der Waals surface area contributed by atoms with Crippen molar-refractivity contribution in [3.05, 3.63) is 29.8 Å². The topological polar surface area (TPSA) is 105 Å². The molecule has 2 rings (SSSR count). The first-order valence-corrected chi connectivity index (χ1v) is 10.6. The van der Waals surface area contributed by atoms with Crippen molar-refractivity contribution in [2.75, 3.05) is 21.2 Å². The van der Waals surface area contributed by atoms with Crippen LogP contribution in [0.15, 0.2) is 29.2 Å². The third-order valence-electron chi connectivity index (χ3n) is 4.66. The molecule has 0 bridgehead atoms. The summed E-state index contributed by atoms with van der Waals surface area (Å²) >= 11 is 0. The molecule has 0 radical (unpaired) electrons. The summed E-state index contributed by atoms with van der Waals surface area (Å²) in [4.78, 5) is 24.0. The fraction of sp³-hybridized carbons (Fsp3) is 0.474. The van der Waals surface area contributed by atoms with Crippen LogP contribution in [0.25, 0.3) is 6.08 Å². The molecule has 9 heteroatoms. The van der Waals surface area contributed by atoms with Crippen molar-refractivity contribution < 1.29 is 22.7 Å². The number of ether oxygens (including phenoxy) is 1. The zero-order valence-corrected chi connectivity index (χ0v) is 17.2. The van der Waals surface area contributed by atoms with Crippen molar-refractivity contribution in [2.45, 2.75) is 37.0 Å². The molecule has 1 aromatic rings. The van der Waals surface area contributed by atoms with Crippen LogP contribution in [-0.2, 0) is 19.6 Å². The van der Waals surface area contributed by atoms with Gasteiger partial charge in [-0.2, -0.15) is 0 Å². The predicted octanol–water partition coefficient (Wildman–Crippen LogP) is 1.69. The number of hydrogen-bond donors (Lipinski definition) is 2. The Kier molecular flexibility index (Phi) is 7.59. The summed E-state index contributed by atoms with van der Waals surface area (Å²) in [5, 5.41) is 0. The summed E-state index contributed by atoms with van der Waals surface area (Å²) in [5.74, 6) is -0.518. The molecular weight excluding hydrogens is 382 g/mol. The minimum atomic E-state index is -3.70. The van der Waals surface area contributed by atoms with Gasteiger partial charge < -0.3 is 4.74 Å². The van der Waals surface area contributed by atoms with Crippen LogP contribution in [0.3, 0.4) is 0 Å². The lowest BCUT2D eigenvalue weighted by Crippen LogP contribution is -2.44. The Balaban J connectivity index is 2.03. The molecule has 2 amide bonds. The Hall–Kier alpha value is -2.39. The maximum absolute atomic E-state index is 12.4. The minimum Gasteiger partial charge on any atom is -0.495 e. The molecule has 0 unspecified atom stereocenters. The number of methoxy groups -OCH3 is 1. The van der Waals surface area contributed by atoms with Gasteiger partial charge in [-0.3, -0.25) is 20.4 Å². The molecule has 0 spiro atoms. The number of sulfonamides is 1. The molecule has 1 saturated carbocycles. The van der Waals surface area contributed by atoms with Crippen LogP contribution in [0, 0.1) is 5.92 Å². The number of carbonyl (C=O) groups excluding carboxylic acids is 2. The van der Waals surface area contributed by atoms with Gasteiger partial charge in [0.2, 0.25) is 15.9 Å². The molecule has 1 aromatic carbocycles. The van der Waals surface area contributed by atoms with Gasteiger partial charge in [0.05, 0.1) is 7.11 Å². The Morgan fingerprint density at radius 2 is 1.82 bits per heavy atom. The summed E-state index contributed by atoms with van der Waals surface area (Å²) in [6, 6.07) is 4.59. The van der Waals surface area contributed by atoms with Crippen LogP contribution in [0.2, 0.25) is 0 Å². The number of rotatable bonds is 6. The molecule has 0 saturated heterocycles. The minimum absolute atomic E-state index is 0.00756. The zero-order chi connectivity index (χ0) is 20.7. The van der Waals surface area contributed by atoms with E-state index in [-0.39, 0.29) is 22.5 Å². The lowest BCUT2D eigenvalue weighted by Gasteiger charge is -2.20. The third kappa shape index (κ3) is 5.56. The van der Waals surface area contributed by atoms with Crippen molar-refractivity contribution in [3.8, 4) is 5.75 Å². The second-order valence-corrected chi connectivity index (χ2v) is 8.96. The van der Waals surface area contributed by atoms with Gasteiger partial charge in [0.15, 0.2) is 0 Å².